The molecule has 0 aliphatic carbocycles. The monoisotopic (exact) mass is 371 g/mol. The Bertz CT molecular complexity index is 911. The predicted octanol–water partition coefficient (Wildman–Crippen LogP) is 2.36. The molecule has 2 heterocycles. The van der Waals surface area contributed by atoms with E-state index in [1.165, 1.54) is 4.68 Å². The molecule has 7 nitrogen and oxygen atoms in total. The van der Waals surface area contributed by atoms with Crippen molar-refractivity contribution in [1.29, 1.82) is 0 Å². The summed E-state index contributed by atoms with van der Waals surface area (Å²) in [5.41, 5.74) is -0.198. The minimum absolute atomic E-state index is 0.0552. The number of esters is 1. The molecule has 2 aromatic rings. The van der Waals surface area contributed by atoms with Crippen molar-refractivity contribution in [3.05, 3.63) is 40.3 Å². The van der Waals surface area contributed by atoms with Gasteiger partial charge in [-0.2, -0.15) is 5.10 Å². The number of likely N-dealkylation sites (tertiary alicyclic amines) is 1. The standard InChI is InChI=1S/C20H25N3O4/c1-4-22-19(25)16-11-6-5-10-15(16)18(21-22)20(26)27-12-17(24)23-13(2)8-7-9-14(23)3/h5-6,10-11,13-14H,4,7-9,12H2,1-3H3/t13-,14+. The molecule has 144 valence electrons. The lowest BCUT2D eigenvalue weighted by Crippen LogP contribution is -2.49. The molecule has 1 amide bonds. The molecule has 1 aliphatic heterocycles. The van der Waals surface area contributed by atoms with Crippen molar-refractivity contribution in [3.63, 3.8) is 0 Å². The maximum atomic E-state index is 12.6. The van der Waals surface area contributed by atoms with Gasteiger partial charge in [0.2, 0.25) is 0 Å². The van der Waals surface area contributed by atoms with Crippen molar-refractivity contribution in [2.75, 3.05) is 6.61 Å². The number of carbonyl (C=O) groups excluding carboxylic acids is 2. The molecular formula is C20H25N3O4. The van der Waals surface area contributed by atoms with Gasteiger partial charge in [-0.05, 0) is 46.1 Å². The van der Waals surface area contributed by atoms with Crippen molar-refractivity contribution in [3.8, 4) is 0 Å². The molecule has 3 rings (SSSR count). The predicted molar refractivity (Wildman–Crippen MR) is 102 cm³/mol. The number of fused-ring (bicyclic) bond motifs is 1. The largest absolute Gasteiger partial charge is 0.451 e. The lowest BCUT2D eigenvalue weighted by molar-refractivity contribution is -0.140. The topological polar surface area (TPSA) is 81.5 Å². The first-order chi connectivity index (χ1) is 12.9. The van der Waals surface area contributed by atoms with Crippen LogP contribution in [0.2, 0.25) is 0 Å². The van der Waals surface area contributed by atoms with Crippen LogP contribution in [0.15, 0.2) is 29.1 Å². The quantitative estimate of drug-likeness (QED) is 0.771. The highest BCUT2D eigenvalue weighted by Crippen LogP contribution is 2.22. The van der Waals surface area contributed by atoms with Crippen LogP contribution in [0.4, 0.5) is 0 Å². The first-order valence-electron chi connectivity index (χ1n) is 9.42. The van der Waals surface area contributed by atoms with Crippen LogP contribution in [0, 0.1) is 0 Å². The fraction of sp³-hybridized carbons (Fsp3) is 0.500. The number of amides is 1. The summed E-state index contributed by atoms with van der Waals surface area (Å²) in [6.07, 6.45) is 3.01. The molecule has 0 bridgehead atoms. The van der Waals surface area contributed by atoms with Crippen LogP contribution >= 0.6 is 0 Å². The molecule has 1 saturated heterocycles. The van der Waals surface area contributed by atoms with Gasteiger partial charge in [0, 0.05) is 24.0 Å². The van der Waals surface area contributed by atoms with Gasteiger partial charge in [-0.1, -0.05) is 18.2 Å². The summed E-state index contributed by atoms with van der Waals surface area (Å²) >= 11 is 0. The van der Waals surface area contributed by atoms with E-state index in [2.05, 4.69) is 5.10 Å². The molecule has 1 aromatic heterocycles. The average molecular weight is 371 g/mol. The van der Waals surface area contributed by atoms with E-state index in [0.29, 0.717) is 17.3 Å². The molecule has 0 unspecified atom stereocenters. The van der Waals surface area contributed by atoms with E-state index in [-0.39, 0.29) is 35.9 Å². The van der Waals surface area contributed by atoms with Crippen LogP contribution in [0.25, 0.3) is 10.8 Å². The minimum Gasteiger partial charge on any atom is -0.451 e. The van der Waals surface area contributed by atoms with Crippen LogP contribution in [0.1, 0.15) is 50.5 Å². The van der Waals surface area contributed by atoms with Gasteiger partial charge in [-0.3, -0.25) is 9.59 Å². The lowest BCUT2D eigenvalue weighted by Gasteiger charge is -2.38. The summed E-state index contributed by atoms with van der Waals surface area (Å²) in [6.45, 7) is 5.82. The van der Waals surface area contributed by atoms with Gasteiger partial charge in [0.05, 0.1) is 5.39 Å². The third kappa shape index (κ3) is 3.72. The fourth-order valence-corrected chi connectivity index (χ4v) is 3.78. The van der Waals surface area contributed by atoms with Gasteiger partial charge in [0.15, 0.2) is 12.3 Å². The van der Waals surface area contributed by atoms with Gasteiger partial charge in [-0.25, -0.2) is 9.48 Å². The number of carbonyl (C=O) groups is 2. The van der Waals surface area contributed by atoms with E-state index in [9.17, 15) is 14.4 Å². The molecule has 0 N–H and O–H groups in total. The molecule has 27 heavy (non-hydrogen) atoms. The van der Waals surface area contributed by atoms with Gasteiger partial charge in [-0.15, -0.1) is 0 Å². The summed E-state index contributed by atoms with van der Waals surface area (Å²) in [6, 6.07) is 7.07. The number of benzene rings is 1. The van der Waals surface area contributed by atoms with Gasteiger partial charge in [0.25, 0.3) is 11.5 Å². The number of hydrogen-bond donors (Lipinski definition) is 0. The Labute approximate surface area is 157 Å². The number of rotatable bonds is 4. The number of hydrogen-bond acceptors (Lipinski definition) is 5. The number of aromatic nitrogens is 2. The minimum atomic E-state index is -0.695. The first-order valence-corrected chi connectivity index (χ1v) is 9.42. The van der Waals surface area contributed by atoms with E-state index in [4.69, 9.17) is 4.74 Å². The fourth-order valence-electron chi connectivity index (χ4n) is 3.78. The summed E-state index contributed by atoms with van der Waals surface area (Å²) in [5.74, 6) is -0.893. The Hall–Kier alpha value is -2.70. The second-order valence-electron chi connectivity index (χ2n) is 7.02. The Morgan fingerprint density at radius 3 is 2.41 bits per heavy atom. The Morgan fingerprint density at radius 1 is 1.15 bits per heavy atom. The third-order valence-corrected chi connectivity index (χ3v) is 5.17. The third-order valence-electron chi connectivity index (χ3n) is 5.17. The van der Waals surface area contributed by atoms with E-state index in [1.54, 1.807) is 36.1 Å². The van der Waals surface area contributed by atoms with Crippen LogP contribution in [0.5, 0.6) is 0 Å². The van der Waals surface area contributed by atoms with E-state index in [0.717, 1.165) is 19.3 Å². The van der Waals surface area contributed by atoms with Crippen molar-refractivity contribution < 1.29 is 14.3 Å². The summed E-state index contributed by atoms with van der Waals surface area (Å²) in [7, 11) is 0. The second-order valence-corrected chi connectivity index (χ2v) is 7.02. The van der Waals surface area contributed by atoms with Crippen LogP contribution in [-0.4, -0.2) is 45.2 Å². The summed E-state index contributed by atoms with van der Waals surface area (Å²) < 4.78 is 6.51. The highest BCUT2D eigenvalue weighted by molar-refractivity contribution is 6.02. The number of nitrogens with zero attached hydrogens (tertiary/aromatic N) is 3. The molecule has 0 radical (unpaired) electrons. The maximum absolute atomic E-state index is 12.6. The smallest absolute Gasteiger partial charge is 0.359 e. The normalized spacial score (nSPS) is 19.9. The van der Waals surface area contributed by atoms with Crippen LogP contribution in [0.3, 0.4) is 0 Å². The van der Waals surface area contributed by atoms with Gasteiger partial charge < -0.3 is 9.64 Å². The molecule has 1 aromatic carbocycles. The Kier molecular flexibility index (Phi) is 5.58. The molecule has 7 heteroatoms. The maximum Gasteiger partial charge on any atom is 0.359 e. The molecular weight excluding hydrogens is 346 g/mol. The molecule has 0 spiro atoms. The molecule has 1 aliphatic rings. The zero-order chi connectivity index (χ0) is 19.6. The summed E-state index contributed by atoms with van der Waals surface area (Å²) in [4.78, 5) is 39.4. The second kappa shape index (κ2) is 7.90. The highest BCUT2D eigenvalue weighted by atomic mass is 16.5. The molecule has 2 atom stereocenters. The van der Waals surface area contributed by atoms with Crippen molar-refractivity contribution >= 4 is 22.6 Å². The van der Waals surface area contributed by atoms with Gasteiger partial charge in [0.1, 0.15) is 0 Å². The molecule has 1 fully saturated rings. The van der Waals surface area contributed by atoms with Crippen molar-refractivity contribution in [2.45, 2.75) is 58.7 Å². The SMILES string of the molecule is CCn1nc(C(=O)OCC(=O)N2[C@H](C)CCC[C@@H]2C)c2ccccc2c1=O. The zero-order valence-electron chi connectivity index (χ0n) is 16.0. The average Bonchev–Trinajstić information content (AvgIpc) is 2.66. The Balaban J connectivity index is 1.81. The number of aryl methyl sites for hydroxylation is 1. The van der Waals surface area contributed by atoms with Gasteiger partial charge >= 0.3 is 5.97 Å². The van der Waals surface area contributed by atoms with Crippen LogP contribution < -0.4 is 5.56 Å². The summed E-state index contributed by atoms with van der Waals surface area (Å²) in [5, 5.41) is 4.99. The molecule has 0 saturated carbocycles. The zero-order valence-corrected chi connectivity index (χ0v) is 16.0. The number of ether oxygens (including phenoxy) is 1. The van der Waals surface area contributed by atoms with Crippen molar-refractivity contribution in [2.24, 2.45) is 0 Å². The number of piperidine rings is 1. The lowest BCUT2D eigenvalue weighted by atomic mass is 9.97. The van der Waals surface area contributed by atoms with E-state index in [1.807, 2.05) is 13.8 Å². The Morgan fingerprint density at radius 2 is 1.78 bits per heavy atom. The highest BCUT2D eigenvalue weighted by Gasteiger charge is 2.29. The van der Waals surface area contributed by atoms with Crippen molar-refractivity contribution in [1.82, 2.24) is 14.7 Å². The first kappa shape index (κ1) is 19.1. The van der Waals surface area contributed by atoms with E-state index < -0.39 is 5.97 Å². The van der Waals surface area contributed by atoms with E-state index >= 15 is 0 Å². The van der Waals surface area contributed by atoms with Crippen LogP contribution in [-0.2, 0) is 16.1 Å².